The van der Waals surface area contributed by atoms with Crippen LogP contribution in [0.4, 0.5) is 0 Å². The van der Waals surface area contributed by atoms with Gasteiger partial charge in [0.05, 0.1) is 0 Å². The van der Waals surface area contributed by atoms with Gasteiger partial charge < -0.3 is 4.90 Å². The quantitative estimate of drug-likeness (QED) is 0.702. The molecule has 7 heteroatoms. The summed E-state index contributed by atoms with van der Waals surface area (Å²) < 4.78 is 0. The van der Waals surface area contributed by atoms with Gasteiger partial charge >= 0.3 is 0 Å². The Labute approximate surface area is 185 Å². The molecule has 31 heavy (non-hydrogen) atoms. The van der Waals surface area contributed by atoms with Crippen LogP contribution in [-0.4, -0.2) is 34.4 Å². The number of nitrogens with one attached hydrogen (secondary N) is 1. The Hall–Kier alpha value is -2.99. The van der Waals surface area contributed by atoms with Gasteiger partial charge in [-0.15, -0.1) is 0 Å². The maximum absolute atomic E-state index is 12.8. The zero-order valence-corrected chi connectivity index (χ0v) is 18.0. The maximum atomic E-state index is 12.8. The number of hydrogen-bond acceptors (Lipinski definition) is 4. The Bertz CT molecular complexity index is 1090. The Morgan fingerprint density at radius 3 is 2.65 bits per heavy atom. The maximum Gasteiger partial charge on any atom is 0.255 e. The largest absolute Gasteiger partial charge is 0.322 e. The molecule has 1 atom stereocenters. The molecule has 160 valence electrons. The summed E-state index contributed by atoms with van der Waals surface area (Å²) in [5, 5.41) is 2.97. The lowest BCUT2D eigenvalue weighted by Crippen LogP contribution is -2.52. The molecule has 2 aromatic rings. The fourth-order valence-corrected chi connectivity index (χ4v) is 4.33. The van der Waals surface area contributed by atoms with Gasteiger partial charge in [-0.1, -0.05) is 35.9 Å². The van der Waals surface area contributed by atoms with Crippen molar-refractivity contribution >= 4 is 35.1 Å². The minimum Gasteiger partial charge on any atom is -0.322 e. The number of nitrogens with zero attached hydrogens (tertiary/aromatic N) is 1. The highest BCUT2D eigenvalue weighted by molar-refractivity contribution is 6.31. The van der Waals surface area contributed by atoms with Gasteiger partial charge in [-0.05, 0) is 54.2 Å². The topological polar surface area (TPSA) is 83.6 Å². The lowest BCUT2D eigenvalue weighted by atomic mass is 9.99. The number of fused-ring (bicyclic) bond motifs is 1. The number of hydrogen-bond donors (Lipinski definition) is 1. The molecule has 2 aliphatic rings. The molecule has 1 saturated heterocycles. The number of amides is 3. The number of benzene rings is 2. The Morgan fingerprint density at radius 1 is 1.13 bits per heavy atom. The highest BCUT2D eigenvalue weighted by Crippen LogP contribution is 2.28. The summed E-state index contributed by atoms with van der Waals surface area (Å²) in [7, 11) is 0. The predicted octanol–water partition coefficient (Wildman–Crippen LogP) is 3.15. The number of carbonyl (C=O) groups excluding carboxylic acids is 4. The number of Topliss-reactive ketones (excluding diaryl/α,β-unsaturated/α-hetero) is 1. The number of carbonyl (C=O) groups is 4. The molecular weight excluding hydrogens is 416 g/mol. The minimum absolute atomic E-state index is 0.127. The summed E-state index contributed by atoms with van der Waals surface area (Å²) in [5.41, 5.74) is 4.29. The first-order chi connectivity index (χ1) is 14.8. The molecule has 0 bridgehead atoms. The van der Waals surface area contributed by atoms with Gasteiger partial charge in [0.25, 0.3) is 5.91 Å². The third-order valence-corrected chi connectivity index (χ3v) is 6.33. The Balaban J connectivity index is 1.38. The fraction of sp³-hybridized carbons (Fsp3) is 0.333. The second kappa shape index (κ2) is 8.63. The van der Waals surface area contributed by atoms with E-state index in [1.54, 1.807) is 6.07 Å². The van der Waals surface area contributed by atoms with Crippen molar-refractivity contribution in [3.8, 4) is 0 Å². The van der Waals surface area contributed by atoms with E-state index in [-0.39, 0.29) is 24.0 Å². The third-order valence-electron chi connectivity index (χ3n) is 5.92. The van der Waals surface area contributed by atoms with Gasteiger partial charge in [0, 0.05) is 36.4 Å². The van der Waals surface area contributed by atoms with Crippen molar-refractivity contribution in [1.82, 2.24) is 10.2 Å². The molecule has 1 unspecified atom stereocenters. The van der Waals surface area contributed by atoms with Crippen molar-refractivity contribution in [1.29, 1.82) is 0 Å². The summed E-state index contributed by atoms with van der Waals surface area (Å²) >= 11 is 6.14. The Kier molecular flexibility index (Phi) is 5.92. The van der Waals surface area contributed by atoms with Crippen molar-refractivity contribution in [2.75, 3.05) is 0 Å². The molecule has 0 aromatic heterocycles. The molecule has 0 spiro atoms. The lowest BCUT2D eigenvalue weighted by Gasteiger charge is -2.29. The van der Waals surface area contributed by atoms with E-state index in [1.807, 2.05) is 37.3 Å². The second-order valence-corrected chi connectivity index (χ2v) is 8.60. The van der Waals surface area contributed by atoms with Crippen LogP contribution in [0.15, 0.2) is 36.4 Å². The molecule has 2 aliphatic heterocycles. The molecule has 1 N–H and O–H groups in total. The van der Waals surface area contributed by atoms with Gasteiger partial charge in [0.15, 0.2) is 0 Å². The van der Waals surface area contributed by atoms with E-state index in [0.29, 0.717) is 42.8 Å². The normalized spacial score (nSPS) is 18.2. The number of ketones is 1. The average Bonchev–Trinajstić information content (AvgIpc) is 3.05. The number of piperidine rings is 1. The van der Waals surface area contributed by atoms with Crippen LogP contribution in [0.2, 0.25) is 5.02 Å². The SMILES string of the molecule is Cc1ccc(CC(=O)CCc2ccc3c(c2)CN(C2CCC(=O)NC2=O)C3=O)cc1Cl. The zero-order chi connectivity index (χ0) is 22.1. The second-order valence-electron chi connectivity index (χ2n) is 8.19. The van der Waals surface area contributed by atoms with Crippen molar-refractivity contribution < 1.29 is 19.2 Å². The molecule has 2 heterocycles. The van der Waals surface area contributed by atoms with Crippen molar-refractivity contribution in [3.05, 3.63) is 69.2 Å². The number of imide groups is 1. The minimum atomic E-state index is -0.621. The monoisotopic (exact) mass is 438 g/mol. The first-order valence-electron chi connectivity index (χ1n) is 10.3. The van der Waals surface area contributed by atoms with Crippen LogP contribution in [0.5, 0.6) is 0 Å². The van der Waals surface area contributed by atoms with Crippen molar-refractivity contribution in [2.45, 2.75) is 51.6 Å². The van der Waals surface area contributed by atoms with Gasteiger partial charge in [0.2, 0.25) is 11.8 Å². The van der Waals surface area contributed by atoms with Gasteiger partial charge in [-0.25, -0.2) is 0 Å². The van der Waals surface area contributed by atoms with Crippen molar-refractivity contribution in [3.63, 3.8) is 0 Å². The number of aryl methyl sites for hydroxylation is 2. The zero-order valence-electron chi connectivity index (χ0n) is 17.2. The highest BCUT2D eigenvalue weighted by Gasteiger charge is 2.39. The highest BCUT2D eigenvalue weighted by atomic mass is 35.5. The molecule has 3 amide bonds. The predicted molar refractivity (Wildman–Crippen MR) is 116 cm³/mol. The van der Waals surface area contributed by atoms with Crippen LogP contribution in [-0.2, 0) is 33.8 Å². The van der Waals surface area contributed by atoms with E-state index < -0.39 is 11.9 Å². The van der Waals surface area contributed by atoms with E-state index in [1.165, 1.54) is 4.90 Å². The van der Waals surface area contributed by atoms with E-state index in [2.05, 4.69) is 5.32 Å². The summed E-state index contributed by atoms with van der Waals surface area (Å²) in [5.74, 6) is -0.783. The molecule has 0 saturated carbocycles. The Morgan fingerprint density at radius 2 is 1.90 bits per heavy atom. The molecule has 6 nitrogen and oxygen atoms in total. The summed E-state index contributed by atoms with van der Waals surface area (Å²) in [6.45, 7) is 2.26. The number of halogens is 1. The van der Waals surface area contributed by atoms with Gasteiger partial charge in [-0.2, -0.15) is 0 Å². The van der Waals surface area contributed by atoms with Gasteiger partial charge in [-0.3, -0.25) is 24.5 Å². The van der Waals surface area contributed by atoms with Crippen LogP contribution in [0.3, 0.4) is 0 Å². The van der Waals surface area contributed by atoms with Crippen molar-refractivity contribution in [2.24, 2.45) is 0 Å². The van der Waals surface area contributed by atoms with E-state index in [9.17, 15) is 19.2 Å². The van der Waals surface area contributed by atoms with Crippen LogP contribution in [0.25, 0.3) is 0 Å². The molecule has 4 rings (SSSR count). The average molecular weight is 439 g/mol. The summed E-state index contributed by atoms with van der Waals surface area (Å²) in [6.07, 6.45) is 1.89. The first-order valence-corrected chi connectivity index (χ1v) is 10.7. The van der Waals surface area contributed by atoms with Crippen LogP contribution < -0.4 is 5.32 Å². The van der Waals surface area contributed by atoms with Crippen LogP contribution in [0.1, 0.15) is 51.9 Å². The lowest BCUT2D eigenvalue weighted by molar-refractivity contribution is -0.137. The standard InChI is InChI=1S/C24H23ClN2O4/c1-14-2-3-16(12-20(14)25)11-18(28)6-4-15-5-7-19-17(10-15)13-27(24(19)31)21-8-9-22(29)26-23(21)30/h2-3,5,7,10,12,21H,4,6,8-9,11,13H2,1H3,(H,26,29,30). The van der Waals surface area contributed by atoms with E-state index in [4.69, 9.17) is 11.6 Å². The van der Waals surface area contributed by atoms with Gasteiger partial charge in [0.1, 0.15) is 11.8 Å². The molecule has 1 fully saturated rings. The smallest absolute Gasteiger partial charge is 0.255 e. The van der Waals surface area contributed by atoms with Crippen LogP contribution in [0, 0.1) is 6.92 Å². The number of rotatable bonds is 6. The molecule has 2 aromatic carbocycles. The summed E-state index contributed by atoms with van der Waals surface area (Å²) in [4.78, 5) is 50.2. The fourth-order valence-electron chi connectivity index (χ4n) is 4.13. The third kappa shape index (κ3) is 4.54. The molecule has 0 radical (unpaired) electrons. The first kappa shape index (κ1) is 21.2. The molecule has 0 aliphatic carbocycles. The molecular formula is C24H23ClN2O4. The van der Waals surface area contributed by atoms with E-state index >= 15 is 0 Å². The van der Waals surface area contributed by atoms with E-state index in [0.717, 1.165) is 22.3 Å². The summed E-state index contributed by atoms with van der Waals surface area (Å²) in [6, 6.07) is 10.6. The van der Waals surface area contributed by atoms with Crippen LogP contribution >= 0.6 is 11.6 Å².